The number of unbranched alkanes of at least 4 members (excludes halogenated alkanes) is 1. The fourth-order valence-electron chi connectivity index (χ4n) is 3.06. The average Bonchev–Trinajstić information content (AvgIpc) is 2.68. The van der Waals surface area contributed by atoms with E-state index in [4.69, 9.17) is 21.1 Å². The third kappa shape index (κ3) is 4.25. The van der Waals surface area contributed by atoms with Crippen molar-refractivity contribution < 1.29 is 14.3 Å². The van der Waals surface area contributed by atoms with Crippen LogP contribution in [0, 0.1) is 0 Å². The summed E-state index contributed by atoms with van der Waals surface area (Å²) in [5.74, 6) is 0.202. The summed E-state index contributed by atoms with van der Waals surface area (Å²) < 4.78 is 11.4. The lowest BCUT2D eigenvalue weighted by molar-refractivity contribution is 0.0522. The maximum absolute atomic E-state index is 12.7. The van der Waals surface area contributed by atoms with Gasteiger partial charge in [0.2, 0.25) is 0 Å². The number of ether oxygens (including phenoxy) is 2. The summed E-state index contributed by atoms with van der Waals surface area (Å²) in [5.41, 5.74) is 2.30. The molecule has 0 spiro atoms. The van der Waals surface area contributed by atoms with Gasteiger partial charge < -0.3 is 9.47 Å². The number of esters is 1. The van der Waals surface area contributed by atoms with Gasteiger partial charge in [-0.25, -0.2) is 4.79 Å². The smallest absolute Gasteiger partial charge is 0.341 e. The van der Waals surface area contributed by atoms with Crippen molar-refractivity contribution in [2.45, 2.75) is 26.7 Å². The Morgan fingerprint density at radius 2 is 1.78 bits per heavy atom. The van der Waals surface area contributed by atoms with Gasteiger partial charge >= 0.3 is 5.97 Å². The summed E-state index contributed by atoms with van der Waals surface area (Å²) in [6, 6.07) is 17.4. The molecule has 0 atom stereocenters. The Bertz CT molecular complexity index is 932. The van der Waals surface area contributed by atoms with E-state index in [2.05, 4.69) is 6.92 Å². The van der Waals surface area contributed by atoms with Gasteiger partial charge in [-0.15, -0.1) is 0 Å². The highest BCUT2D eigenvalue weighted by Gasteiger charge is 2.22. The molecule has 0 fully saturated rings. The predicted octanol–water partition coefficient (Wildman–Crippen LogP) is 6.52. The van der Waals surface area contributed by atoms with Crippen LogP contribution in [0.4, 0.5) is 0 Å². The van der Waals surface area contributed by atoms with Gasteiger partial charge in [0.25, 0.3) is 0 Å². The predicted molar refractivity (Wildman–Crippen MR) is 111 cm³/mol. The molecule has 140 valence electrons. The van der Waals surface area contributed by atoms with Crippen LogP contribution in [0.5, 0.6) is 5.75 Å². The second-order valence-electron chi connectivity index (χ2n) is 6.28. The number of fused-ring (bicyclic) bond motifs is 1. The standard InChI is InChI=1S/C23H23ClO3/c1-3-5-14-27-22-20(23(25)26-4-2)15-17-8-6-7-9-19(17)21(22)16-10-12-18(24)13-11-16/h6-13,15H,3-5,14H2,1-2H3. The van der Waals surface area contributed by atoms with Crippen molar-refractivity contribution >= 4 is 28.3 Å². The van der Waals surface area contributed by atoms with E-state index in [0.717, 1.165) is 34.7 Å². The van der Waals surface area contributed by atoms with Crippen LogP contribution >= 0.6 is 11.6 Å². The Balaban J connectivity index is 2.27. The summed E-state index contributed by atoms with van der Waals surface area (Å²) in [6.07, 6.45) is 1.92. The lowest BCUT2D eigenvalue weighted by Crippen LogP contribution is -2.10. The van der Waals surface area contributed by atoms with E-state index in [1.54, 1.807) is 6.92 Å². The van der Waals surface area contributed by atoms with Crippen LogP contribution in [0.15, 0.2) is 54.6 Å². The summed E-state index contributed by atoms with van der Waals surface area (Å²) in [4.78, 5) is 12.7. The molecule has 0 aliphatic carbocycles. The van der Waals surface area contributed by atoms with E-state index >= 15 is 0 Å². The van der Waals surface area contributed by atoms with Crippen molar-refractivity contribution in [1.82, 2.24) is 0 Å². The molecule has 4 heteroatoms. The first-order valence-electron chi connectivity index (χ1n) is 9.27. The van der Waals surface area contributed by atoms with Crippen molar-refractivity contribution in [3.63, 3.8) is 0 Å². The number of halogens is 1. The van der Waals surface area contributed by atoms with Crippen LogP contribution in [0.2, 0.25) is 5.02 Å². The maximum atomic E-state index is 12.7. The molecule has 3 rings (SSSR count). The van der Waals surface area contributed by atoms with E-state index in [9.17, 15) is 4.79 Å². The summed E-state index contributed by atoms with van der Waals surface area (Å²) in [7, 11) is 0. The van der Waals surface area contributed by atoms with Crippen LogP contribution in [-0.2, 0) is 4.74 Å². The highest BCUT2D eigenvalue weighted by Crippen LogP contribution is 2.41. The van der Waals surface area contributed by atoms with Gasteiger partial charge in [-0.05, 0) is 47.9 Å². The third-order valence-corrected chi connectivity index (χ3v) is 4.63. The van der Waals surface area contributed by atoms with E-state index < -0.39 is 0 Å². The zero-order chi connectivity index (χ0) is 19.2. The third-order valence-electron chi connectivity index (χ3n) is 4.37. The first-order chi connectivity index (χ1) is 13.2. The Hall–Kier alpha value is -2.52. The minimum absolute atomic E-state index is 0.316. The topological polar surface area (TPSA) is 35.5 Å². The number of carbonyl (C=O) groups excluding carboxylic acids is 1. The molecule has 3 aromatic carbocycles. The lowest BCUT2D eigenvalue weighted by atomic mass is 9.94. The number of rotatable bonds is 7. The molecule has 0 heterocycles. The molecule has 0 aliphatic rings. The van der Waals surface area contributed by atoms with Crippen molar-refractivity contribution in [2.75, 3.05) is 13.2 Å². The molecule has 0 unspecified atom stereocenters. The van der Waals surface area contributed by atoms with Gasteiger partial charge in [0.05, 0.1) is 13.2 Å². The van der Waals surface area contributed by atoms with Crippen molar-refractivity contribution in [2.24, 2.45) is 0 Å². The minimum Gasteiger partial charge on any atom is -0.492 e. The maximum Gasteiger partial charge on any atom is 0.341 e. The van der Waals surface area contributed by atoms with Gasteiger partial charge in [-0.1, -0.05) is 61.3 Å². The fraction of sp³-hybridized carbons (Fsp3) is 0.261. The van der Waals surface area contributed by atoms with Crippen LogP contribution in [0.3, 0.4) is 0 Å². The van der Waals surface area contributed by atoms with Gasteiger partial charge in [-0.2, -0.15) is 0 Å². The monoisotopic (exact) mass is 382 g/mol. The zero-order valence-corrected chi connectivity index (χ0v) is 16.4. The SMILES string of the molecule is CCCCOc1c(C(=O)OCC)cc2ccccc2c1-c1ccc(Cl)cc1. The fourth-order valence-corrected chi connectivity index (χ4v) is 3.19. The molecule has 0 bridgehead atoms. The molecular weight excluding hydrogens is 360 g/mol. The van der Waals surface area contributed by atoms with Crippen LogP contribution < -0.4 is 4.74 Å². The quantitative estimate of drug-likeness (QED) is 0.345. The number of hydrogen-bond donors (Lipinski definition) is 0. The Morgan fingerprint density at radius 3 is 2.48 bits per heavy atom. The highest BCUT2D eigenvalue weighted by molar-refractivity contribution is 6.30. The van der Waals surface area contributed by atoms with Gasteiger partial charge in [0, 0.05) is 10.6 Å². The molecular formula is C23H23ClO3. The molecule has 27 heavy (non-hydrogen) atoms. The minimum atomic E-state index is -0.370. The molecule has 0 N–H and O–H groups in total. The van der Waals surface area contributed by atoms with Crippen molar-refractivity contribution in [3.8, 4) is 16.9 Å². The van der Waals surface area contributed by atoms with E-state index in [0.29, 0.717) is 29.5 Å². The molecule has 0 aromatic heterocycles. The largest absolute Gasteiger partial charge is 0.492 e. The van der Waals surface area contributed by atoms with Gasteiger partial charge in [-0.3, -0.25) is 0 Å². The summed E-state index contributed by atoms with van der Waals surface area (Å²) >= 11 is 6.08. The normalized spacial score (nSPS) is 10.8. The first-order valence-corrected chi connectivity index (χ1v) is 9.65. The first kappa shape index (κ1) is 19.2. The number of benzene rings is 3. The lowest BCUT2D eigenvalue weighted by Gasteiger charge is -2.18. The Kier molecular flexibility index (Phi) is 6.36. The number of hydrogen-bond acceptors (Lipinski definition) is 3. The number of carbonyl (C=O) groups is 1. The molecule has 0 amide bonds. The summed E-state index contributed by atoms with van der Waals surface area (Å²) in [6.45, 7) is 4.77. The van der Waals surface area contributed by atoms with Crippen LogP contribution in [0.25, 0.3) is 21.9 Å². The Morgan fingerprint density at radius 1 is 1.04 bits per heavy atom. The molecule has 0 saturated heterocycles. The summed E-state index contributed by atoms with van der Waals surface area (Å²) in [5, 5.41) is 2.66. The second kappa shape index (κ2) is 8.92. The average molecular weight is 383 g/mol. The van der Waals surface area contributed by atoms with Crippen molar-refractivity contribution in [1.29, 1.82) is 0 Å². The second-order valence-corrected chi connectivity index (χ2v) is 6.72. The zero-order valence-electron chi connectivity index (χ0n) is 15.6. The molecule has 0 saturated carbocycles. The van der Waals surface area contributed by atoms with Crippen LogP contribution in [-0.4, -0.2) is 19.2 Å². The van der Waals surface area contributed by atoms with E-state index in [1.165, 1.54) is 0 Å². The van der Waals surface area contributed by atoms with Crippen molar-refractivity contribution in [3.05, 3.63) is 65.2 Å². The Labute approximate surface area is 164 Å². The molecule has 3 aromatic rings. The van der Waals surface area contributed by atoms with Gasteiger partial charge in [0.15, 0.2) is 0 Å². The van der Waals surface area contributed by atoms with E-state index in [-0.39, 0.29) is 5.97 Å². The molecule has 0 radical (unpaired) electrons. The highest BCUT2D eigenvalue weighted by atomic mass is 35.5. The van der Waals surface area contributed by atoms with E-state index in [1.807, 2.05) is 54.6 Å². The van der Waals surface area contributed by atoms with Gasteiger partial charge in [0.1, 0.15) is 11.3 Å². The molecule has 0 aliphatic heterocycles. The molecule has 3 nitrogen and oxygen atoms in total. The van der Waals surface area contributed by atoms with Crippen LogP contribution in [0.1, 0.15) is 37.0 Å².